The molecule has 0 bridgehead atoms. The van der Waals surface area contributed by atoms with Crippen LogP contribution in [0.4, 0.5) is 5.69 Å². The average Bonchev–Trinajstić information content (AvgIpc) is 2.79. The molecule has 0 fully saturated rings. The molecule has 1 aromatic heterocycles. The molecule has 0 spiro atoms. The Kier molecular flexibility index (Phi) is 3.00. The molecular weight excluding hydrogens is 202 g/mol. The molecule has 82 valence electrons. The fourth-order valence-electron chi connectivity index (χ4n) is 1.38. The van der Waals surface area contributed by atoms with Gasteiger partial charge in [0.05, 0.1) is 0 Å². The first-order valence-electron chi connectivity index (χ1n) is 5.19. The van der Waals surface area contributed by atoms with E-state index in [9.17, 15) is 4.79 Å². The number of carbonyl (C=O) groups excluding carboxylic acids is 1. The first-order valence-corrected chi connectivity index (χ1v) is 5.19. The van der Waals surface area contributed by atoms with Gasteiger partial charge in [0.15, 0.2) is 5.69 Å². The highest BCUT2D eigenvalue weighted by atomic mass is 16.1. The minimum Gasteiger partial charge on any atom is -0.321 e. The second-order valence-electron chi connectivity index (χ2n) is 3.38. The van der Waals surface area contributed by atoms with Gasteiger partial charge in [0.1, 0.15) is 0 Å². The van der Waals surface area contributed by atoms with Crippen molar-refractivity contribution in [3.8, 4) is 0 Å². The van der Waals surface area contributed by atoms with Crippen molar-refractivity contribution in [2.24, 2.45) is 0 Å². The highest BCUT2D eigenvalue weighted by Crippen LogP contribution is 2.07. The number of amides is 1. The lowest BCUT2D eigenvalue weighted by molar-refractivity contribution is 0.102. The van der Waals surface area contributed by atoms with Crippen molar-refractivity contribution in [3.63, 3.8) is 0 Å². The van der Waals surface area contributed by atoms with Gasteiger partial charge in [-0.1, -0.05) is 18.2 Å². The summed E-state index contributed by atoms with van der Waals surface area (Å²) in [5.41, 5.74) is 1.21. The molecule has 2 rings (SSSR count). The number of aromatic nitrogens is 2. The predicted octanol–water partition coefficient (Wildman–Crippen LogP) is 2.16. The molecule has 16 heavy (non-hydrogen) atoms. The SMILES string of the molecule is CCn1ccc(C(=O)Nc2ccccc2)n1. The number of aryl methyl sites for hydroxylation is 1. The summed E-state index contributed by atoms with van der Waals surface area (Å²) in [5.74, 6) is -0.182. The number of anilines is 1. The summed E-state index contributed by atoms with van der Waals surface area (Å²) in [4.78, 5) is 11.8. The van der Waals surface area contributed by atoms with Gasteiger partial charge < -0.3 is 5.32 Å². The zero-order valence-corrected chi connectivity index (χ0v) is 9.05. The van der Waals surface area contributed by atoms with Gasteiger partial charge in [-0.2, -0.15) is 5.10 Å². The number of benzene rings is 1. The van der Waals surface area contributed by atoms with Crippen molar-refractivity contribution < 1.29 is 4.79 Å². The van der Waals surface area contributed by atoms with Crippen molar-refractivity contribution in [2.75, 3.05) is 5.32 Å². The third kappa shape index (κ3) is 2.28. The van der Waals surface area contributed by atoms with E-state index in [4.69, 9.17) is 0 Å². The summed E-state index contributed by atoms with van der Waals surface area (Å²) in [6.07, 6.45) is 1.79. The van der Waals surface area contributed by atoms with Crippen molar-refractivity contribution in [3.05, 3.63) is 48.3 Å². The van der Waals surface area contributed by atoms with Crippen LogP contribution in [0.25, 0.3) is 0 Å². The largest absolute Gasteiger partial charge is 0.321 e. The molecule has 2 aromatic rings. The summed E-state index contributed by atoms with van der Waals surface area (Å²) in [7, 11) is 0. The molecule has 0 atom stereocenters. The number of nitrogens with one attached hydrogen (secondary N) is 1. The van der Waals surface area contributed by atoms with E-state index in [0.717, 1.165) is 12.2 Å². The monoisotopic (exact) mass is 215 g/mol. The van der Waals surface area contributed by atoms with Crippen LogP contribution < -0.4 is 5.32 Å². The summed E-state index contributed by atoms with van der Waals surface area (Å²) in [6.45, 7) is 2.74. The third-order valence-electron chi connectivity index (χ3n) is 2.23. The van der Waals surface area contributed by atoms with E-state index in [-0.39, 0.29) is 5.91 Å². The Bertz CT molecular complexity index is 476. The van der Waals surface area contributed by atoms with Crippen LogP contribution in [0.2, 0.25) is 0 Å². The molecule has 0 aliphatic heterocycles. The molecule has 0 unspecified atom stereocenters. The van der Waals surface area contributed by atoms with E-state index in [1.165, 1.54) is 0 Å². The molecule has 0 aliphatic carbocycles. The predicted molar refractivity (Wildman–Crippen MR) is 62.3 cm³/mol. The molecule has 0 saturated carbocycles. The van der Waals surface area contributed by atoms with E-state index in [1.807, 2.05) is 37.3 Å². The summed E-state index contributed by atoms with van der Waals surface area (Å²) in [5, 5.41) is 6.91. The van der Waals surface area contributed by atoms with Gasteiger partial charge in [0.2, 0.25) is 0 Å². The molecule has 1 amide bonds. The molecule has 1 heterocycles. The van der Waals surface area contributed by atoms with Crippen LogP contribution in [0.15, 0.2) is 42.6 Å². The Morgan fingerprint density at radius 2 is 2.06 bits per heavy atom. The van der Waals surface area contributed by atoms with Crippen LogP contribution in [-0.4, -0.2) is 15.7 Å². The Labute approximate surface area is 93.9 Å². The molecule has 0 radical (unpaired) electrons. The highest BCUT2D eigenvalue weighted by molar-refractivity contribution is 6.02. The molecule has 1 N–H and O–H groups in total. The van der Waals surface area contributed by atoms with Crippen molar-refractivity contribution in [1.29, 1.82) is 0 Å². The Morgan fingerprint density at radius 1 is 1.31 bits per heavy atom. The van der Waals surface area contributed by atoms with Crippen molar-refractivity contribution >= 4 is 11.6 Å². The van der Waals surface area contributed by atoms with Crippen LogP contribution in [0.5, 0.6) is 0 Å². The van der Waals surface area contributed by atoms with E-state index in [2.05, 4.69) is 10.4 Å². The van der Waals surface area contributed by atoms with Crippen LogP contribution in [0, 0.1) is 0 Å². The van der Waals surface area contributed by atoms with Gasteiger partial charge in [-0.25, -0.2) is 0 Å². The first kappa shape index (κ1) is 10.4. The number of carbonyl (C=O) groups is 1. The average molecular weight is 215 g/mol. The Balaban J connectivity index is 2.09. The lowest BCUT2D eigenvalue weighted by Gasteiger charge is -2.01. The van der Waals surface area contributed by atoms with Gasteiger partial charge in [-0.05, 0) is 25.1 Å². The number of nitrogens with zero attached hydrogens (tertiary/aromatic N) is 2. The molecular formula is C12H13N3O. The molecule has 1 aromatic carbocycles. The van der Waals surface area contributed by atoms with E-state index in [1.54, 1.807) is 16.9 Å². The summed E-state index contributed by atoms with van der Waals surface area (Å²) in [6, 6.07) is 11.0. The van der Waals surface area contributed by atoms with E-state index >= 15 is 0 Å². The topological polar surface area (TPSA) is 46.9 Å². The third-order valence-corrected chi connectivity index (χ3v) is 2.23. The van der Waals surface area contributed by atoms with Gasteiger partial charge in [0.25, 0.3) is 5.91 Å². The molecule has 0 aliphatic rings. The maximum absolute atomic E-state index is 11.8. The number of para-hydroxylation sites is 1. The molecule has 4 nitrogen and oxygen atoms in total. The van der Waals surface area contributed by atoms with Crippen LogP contribution >= 0.6 is 0 Å². The molecule has 0 saturated heterocycles. The number of rotatable bonds is 3. The van der Waals surface area contributed by atoms with Gasteiger partial charge in [0, 0.05) is 18.4 Å². The quantitative estimate of drug-likeness (QED) is 0.852. The van der Waals surface area contributed by atoms with Gasteiger partial charge >= 0.3 is 0 Å². The summed E-state index contributed by atoms with van der Waals surface area (Å²) < 4.78 is 1.72. The van der Waals surface area contributed by atoms with Gasteiger partial charge in [-0.15, -0.1) is 0 Å². The minimum absolute atomic E-state index is 0.182. The summed E-state index contributed by atoms with van der Waals surface area (Å²) >= 11 is 0. The first-order chi connectivity index (χ1) is 7.79. The Morgan fingerprint density at radius 3 is 2.69 bits per heavy atom. The zero-order chi connectivity index (χ0) is 11.4. The van der Waals surface area contributed by atoms with Crippen molar-refractivity contribution in [2.45, 2.75) is 13.5 Å². The normalized spacial score (nSPS) is 10.1. The zero-order valence-electron chi connectivity index (χ0n) is 9.05. The van der Waals surface area contributed by atoms with Crippen LogP contribution in [0.1, 0.15) is 17.4 Å². The maximum Gasteiger partial charge on any atom is 0.276 e. The number of hydrogen-bond donors (Lipinski definition) is 1. The maximum atomic E-state index is 11.8. The number of hydrogen-bond acceptors (Lipinski definition) is 2. The van der Waals surface area contributed by atoms with Gasteiger partial charge in [-0.3, -0.25) is 9.48 Å². The highest BCUT2D eigenvalue weighted by Gasteiger charge is 2.08. The fourth-order valence-corrected chi connectivity index (χ4v) is 1.38. The minimum atomic E-state index is -0.182. The smallest absolute Gasteiger partial charge is 0.276 e. The molecule has 4 heteroatoms. The standard InChI is InChI=1S/C12H13N3O/c1-2-15-9-8-11(14-15)12(16)13-10-6-4-3-5-7-10/h3-9H,2H2,1H3,(H,13,16). The fraction of sp³-hybridized carbons (Fsp3) is 0.167. The van der Waals surface area contributed by atoms with Crippen LogP contribution in [0.3, 0.4) is 0 Å². The lowest BCUT2D eigenvalue weighted by atomic mass is 10.3. The lowest BCUT2D eigenvalue weighted by Crippen LogP contribution is -2.13. The van der Waals surface area contributed by atoms with Crippen molar-refractivity contribution in [1.82, 2.24) is 9.78 Å². The second-order valence-corrected chi connectivity index (χ2v) is 3.38. The Hall–Kier alpha value is -2.10. The van der Waals surface area contributed by atoms with E-state index < -0.39 is 0 Å². The second kappa shape index (κ2) is 4.61. The van der Waals surface area contributed by atoms with E-state index in [0.29, 0.717) is 5.69 Å². The van der Waals surface area contributed by atoms with Crippen LogP contribution in [-0.2, 0) is 6.54 Å².